The minimum absolute atomic E-state index is 0.581. The normalized spacial score (nSPS) is 10.1. The van der Waals surface area contributed by atoms with Crippen LogP contribution in [0.3, 0.4) is 0 Å². The Bertz CT molecular complexity index is 409. The fourth-order valence-corrected chi connectivity index (χ4v) is 1.49. The quantitative estimate of drug-likeness (QED) is 0.803. The molecular weight excluding hydrogens is 200 g/mol. The molecule has 0 amide bonds. The van der Waals surface area contributed by atoms with Gasteiger partial charge in [0.15, 0.2) is 0 Å². The molecule has 0 aliphatic heterocycles. The smallest absolute Gasteiger partial charge is 0.103 e. The monoisotopic (exact) mass is 220 g/mol. The first-order valence-electron chi connectivity index (χ1n) is 5.46. The molecule has 0 atom stereocenters. The zero-order chi connectivity index (χ0) is 12.1. The third-order valence-corrected chi connectivity index (χ3v) is 2.28. The van der Waals surface area contributed by atoms with Gasteiger partial charge in [-0.2, -0.15) is 5.10 Å². The van der Waals surface area contributed by atoms with E-state index < -0.39 is 0 Å². The molecule has 1 N–H and O–H groups in total. The highest BCUT2D eigenvalue weighted by molar-refractivity contribution is 5.04. The van der Waals surface area contributed by atoms with Gasteiger partial charge in [0.25, 0.3) is 0 Å². The average molecular weight is 220 g/mol. The van der Waals surface area contributed by atoms with Crippen LogP contribution in [0, 0.1) is 13.8 Å². The molecule has 0 aliphatic carbocycles. The van der Waals surface area contributed by atoms with Crippen molar-refractivity contribution < 1.29 is 0 Å². The number of aromatic amines is 1. The molecule has 0 bridgehead atoms. The summed E-state index contributed by atoms with van der Waals surface area (Å²) in [4.78, 5) is 6.99. The number of imidazole rings is 1. The van der Waals surface area contributed by atoms with E-state index in [2.05, 4.69) is 28.9 Å². The van der Waals surface area contributed by atoms with Crippen LogP contribution < -0.4 is 0 Å². The van der Waals surface area contributed by atoms with Crippen LogP contribution in [0.4, 0.5) is 0 Å². The molecule has 88 valence electrons. The summed E-state index contributed by atoms with van der Waals surface area (Å²) in [5.74, 6) is 1.56. The van der Waals surface area contributed by atoms with Crippen LogP contribution in [0.5, 0.6) is 0 Å². The predicted molar refractivity (Wildman–Crippen MR) is 65.4 cm³/mol. The minimum Gasteiger partial charge on any atom is -0.346 e. The molecule has 0 saturated carbocycles. The second-order valence-corrected chi connectivity index (χ2v) is 4.19. The van der Waals surface area contributed by atoms with Crippen LogP contribution >= 0.6 is 0 Å². The largest absolute Gasteiger partial charge is 0.346 e. The van der Waals surface area contributed by atoms with Gasteiger partial charge in [-0.1, -0.05) is 13.8 Å². The molecule has 4 heteroatoms. The molecule has 2 rings (SSSR count). The van der Waals surface area contributed by atoms with E-state index in [4.69, 9.17) is 0 Å². The number of hydrogen-bond acceptors (Lipinski definition) is 2. The highest BCUT2D eigenvalue weighted by atomic mass is 15.3. The van der Waals surface area contributed by atoms with Crippen molar-refractivity contribution in [2.75, 3.05) is 0 Å². The fraction of sp³-hybridized carbons (Fsp3) is 0.500. The van der Waals surface area contributed by atoms with Crippen molar-refractivity contribution in [1.29, 1.82) is 0 Å². The van der Waals surface area contributed by atoms with Crippen LogP contribution in [-0.2, 0) is 7.05 Å². The average Bonchev–Trinajstić information content (AvgIpc) is 2.76. The molecule has 16 heavy (non-hydrogen) atoms. The standard InChI is InChI=1S/C7H12N2.C5H8N2/c1-6(2)7-4-5-8-9(7)3;1-4-3-6-5(2)7-4/h4-6H,1-3H3;3H,1-2H3,(H,6,7). The van der Waals surface area contributed by atoms with Crippen molar-refractivity contribution in [2.45, 2.75) is 33.6 Å². The highest BCUT2D eigenvalue weighted by Crippen LogP contribution is 2.10. The van der Waals surface area contributed by atoms with Gasteiger partial charge in [0.1, 0.15) is 5.82 Å². The highest BCUT2D eigenvalue weighted by Gasteiger charge is 2.00. The van der Waals surface area contributed by atoms with Gasteiger partial charge in [0, 0.05) is 30.8 Å². The number of nitrogens with zero attached hydrogens (tertiary/aromatic N) is 3. The van der Waals surface area contributed by atoms with Gasteiger partial charge in [-0.15, -0.1) is 0 Å². The Labute approximate surface area is 96.7 Å². The summed E-state index contributed by atoms with van der Waals surface area (Å²) < 4.78 is 1.91. The maximum atomic E-state index is 4.05. The van der Waals surface area contributed by atoms with Gasteiger partial charge in [-0.25, -0.2) is 4.98 Å². The molecule has 0 spiro atoms. The van der Waals surface area contributed by atoms with E-state index >= 15 is 0 Å². The van der Waals surface area contributed by atoms with Gasteiger partial charge >= 0.3 is 0 Å². The summed E-state index contributed by atoms with van der Waals surface area (Å²) in [6.07, 6.45) is 3.64. The SMILES string of the molecule is CC(C)c1ccnn1C.Cc1cnc(C)[nH]1. The van der Waals surface area contributed by atoms with E-state index in [-0.39, 0.29) is 0 Å². The summed E-state index contributed by atoms with van der Waals surface area (Å²) in [6, 6.07) is 2.05. The summed E-state index contributed by atoms with van der Waals surface area (Å²) >= 11 is 0. The predicted octanol–water partition coefficient (Wildman–Crippen LogP) is 2.57. The summed E-state index contributed by atoms with van der Waals surface area (Å²) in [5, 5.41) is 4.05. The second-order valence-electron chi connectivity index (χ2n) is 4.19. The lowest BCUT2D eigenvalue weighted by atomic mass is 10.1. The zero-order valence-corrected chi connectivity index (χ0v) is 10.7. The summed E-state index contributed by atoms with van der Waals surface area (Å²) in [7, 11) is 1.97. The van der Waals surface area contributed by atoms with Gasteiger partial charge in [-0.3, -0.25) is 4.68 Å². The van der Waals surface area contributed by atoms with Crippen molar-refractivity contribution in [1.82, 2.24) is 19.7 Å². The Balaban J connectivity index is 0.000000165. The molecule has 2 aromatic heterocycles. The number of nitrogens with one attached hydrogen (secondary N) is 1. The van der Waals surface area contributed by atoms with Crippen LogP contribution in [0.1, 0.15) is 37.0 Å². The first-order valence-corrected chi connectivity index (χ1v) is 5.46. The van der Waals surface area contributed by atoms with Crippen LogP contribution in [0.2, 0.25) is 0 Å². The Morgan fingerprint density at radius 3 is 2.19 bits per heavy atom. The molecule has 0 aliphatic rings. The Hall–Kier alpha value is -1.58. The second kappa shape index (κ2) is 5.49. The molecule has 2 aromatic rings. The van der Waals surface area contributed by atoms with Gasteiger partial charge in [0.05, 0.1) is 0 Å². The third-order valence-electron chi connectivity index (χ3n) is 2.28. The van der Waals surface area contributed by atoms with E-state index in [1.165, 1.54) is 5.69 Å². The Morgan fingerprint density at radius 2 is 2.00 bits per heavy atom. The lowest BCUT2D eigenvalue weighted by Gasteiger charge is -2.02. The molecule has 0 radical (unpaired) electrons. The molecule has 0 aromatic carbocycles. The molecule has 0 fully saturated rings. The number of hydrogen-bond donors (Lipinski definition) is 1. The van der Waals surface area contributed by atoms with Crippen LogP contribution in [0.25, 0.3) is 0 Å². The molecule has 2 heterocycles. The Morgan fingerprint density at radius 1 is 1.31 bits per heavy atom. The van der Waals surface area contributed by atoms with E-state index in [9.17, 15) is 0 Å². The van der Waals surface area contributed by atoms with E-state index in [0.29, 0.717) is 5.92 Å². The maximum Gasteiger partial charge on any atom is 0.103 e. The summed E-state index contributed by atoms with van der Waals surface area (Å²) in [5.41, 5.74) is 2.41. The van der Waals surface area contributed by atoms with Gasteiger partial charge in [-0.05, 0) is 25.8 Å². The van der Waals surface area contributed by atoms with E-state index in [1.807, 2.05) is 44.0 Å². The van der Waals surface area contributed by atoms with Crippen molar-refractivity contribution >= 4 is 0 Å². The molecule has 0 saturated heterocycles. The van der Waals surface area contributed by atoms with E-state index in [0.717, 1.165) is 11.5 Å². The number of H-pyrrole nitrogens is 1. The number of aromatic nitrogens is 4. The van der Waals surface area contributed by atoms with E-state index in [1.54, 1.807) is 0 Å². The zero-order valence-electron chi connectivity index (χ0n) is 10.7. The fourth-order valence-electron chi connectivity index (χ4n) is 1.49. The van der Waals surface area contributed by atoms with Crippen molar-refractivity contribution in [3.05, 3.63) is 35.7 Å². The van der Waals surface area contributed by atoms with Crippen LogP contribution in [-0.4, -0.2) is 19.7 Å². The van der Waals surface area contributed by atoms with Gasteiger partial charge < -0.3 is 4.98 Å². The lowest BCUT2D eigenvalue weighted by molar-refractivity contribution is 0.669. The van der Waals surface area contributed by atoms with Gasteiger partial charge in [0.2, 0.25) is 0 Å². The first-order chi connectivity index (χ1) is 7.50. The summed E-state index contributed by atoms with van der Waals surface area (Å²) in [6.45, 7) is 8.25. The topological polar surface area (TPSA) is 46.5 Å². The molecule has 0 unspecified atom stereocenters. The minimum atomic E-state index is 0.581. The van der Waals surface area contributed by atoms with Crippen LogP contribution in [0.15, 0.2) is 18.5 Å². The molecular formula is C12H20N4. The molecule has 4 nitrogen and oxygen atoms in total. The first kappa shape index (κ1) is 12.5. The van der Waals surface area contributed by atoms with Crippen molar-refractivity contribution in [3.8, 4) is 0 Å². The van der Waals surface area contributed by atoms with Crippen molar-refractivity contribution in [2.24, 2.45) is 7.05 Å². The number of aryl methyl sites for hydroxylation is 3. The lowest BCUT2D eigenvalue weighted by Crippen LogP contribution is -1.98. The third kappa shape index (κ3) is 3.53. The van der Waals surface area contributed by atoms with Crippen molar-refractivity contribution in [3.63, 3.8) is 0 Å². The number of rotatable bonds is 1. The Kier molecular flexibility index (Phi) is 4.28. The maximum absolute atomic E-state index is 4.05.